The summed E-state index contributed by atoms with van der Waals surface area (Å²) in [7, 11) is 1.77. The van der Waals surface area contributed by atoms with Crippen molar-refractivity contribution in [3.8, 4) is 0 Å². The Labute approximate surface area is 104 Å². The maximum atomic E-state index is 6.06. The molecule has 1 aliphatic rings. The summed E-state index contributed by atoms with van der Waals surface area (Å²) in [5.74, 6) is 0. The van der Waals surface area contributed by atoms with Gasteiger partial charge >= 0.3 is 0 Å². The van der Waals surface area contributed by atoms with Crippen molar-refractivity contribution >= 4 is 11.4 Å². The van der Waals surface area contributed by atoms with Crippen LogP contribution in [-0.2, 0) is 11.2 Å². The van der Waals surface area contributed by atoms with Crippen molar-refractivity contribution in [2.24, 2.45) is 0 Å². The summed E-state index contributed by atoms with van der Waals surface area (Å²) in [4.78, 5) is 2.38. The number of ether oxygens (including phenoxy) is 1. The summed E-state index contributed by atoms with van der Waals surface area (Å²) in [5.41, 5.74) is 9.51. The van der Waals surface area contributed by atoms with E-state index >= 15 is 0 Å². The number of nitrogens with two attached hydrogens (primary N) is 1. The SMILES string of the molecule is COC(C)(C)CCN1CCc2cccc(N)c21. The Morgan fingerprint density at radius 1 is 1.41 bits per heavy atom. The molecule has 1 heterocycles. The predicted molar refractivity (Wildman–Crippen MR) is 72.5 cm³/mol. The monoisotopic (exact) mass is 234 g/mol. The zero-order valence-corrected chi connectivity index (χ0v) is 11.0. The first-order valence-corrected chi connectivity index (χ1v) is 6.21. The summed E-state index contributed by atoms with van der Waals surface area (Å²) < 4.78 is 5.46. The van der Waals surface area contributed by atoms with Gasteiger partial charge in [-0.05, 0) is 38.3 Å². The zero-order valence-electron chi connectivity index (χ0n) is 11.0. The van der Waals surface area contributed by atoms with Crippen LogP contribution in [0.15, 0.2) is 18.2 Å². The van der Waals surface area contributed by atoms with Gasteiger partial charge in [-0.25, -0.2) is 0 Å². The first-order valence-electron chi connectivity index (χ1n) is 6.21. The molecule has 2 rings (SSSR count). The van der Waals surface area contributed by atoms with Crippen molar-refractivity contribution in [2.45, 2.75) is 32.3 Å². The van der Waals surface area contributed by atoms with E-state index < -0.39 is 0 Å². The molecule has 0 amide bonds. The van der Waals surface area contributed by atoms with Crippen LogP contribution in [0.2, 0.25) is 0 Å². The first-order chi connectivity index (χ1) is 8.03. The molecular weight excluding hydrogens is 212 g/mol. The largest absolute Gasteiger partial charge is 0.397 e. The van der Waals surface area contributed by atoms with Gasteiger partial charge in [-0.2, -0.15) is 0 Å². The molecule has 0 saturated heterocycles. The third-order valence-electron chi connectivity index (χ3n) is 3.65. The summed E-state index contributed by atoms with van der Waals surface area (Å²) in [6, 6.07) is 6.20. The molecule has 0 unspecified atom stereocenters. The Balaban J connectivity index is 2.07. The van der Waals surface area contributed by atoms with E-state index in [0.717, 1.165) is 31.6 Å². The van der Waals surface area contributed by atoms with Gasteiger partial charge in [0.05, 0.1) is 17.0 Å². The van der Waals surface area contributed by atoms with Crippen LogP contribution in [0.3, 0.4) is 0 Å². The molecule has 0 radical (unpaired) electrons. The van der Waals surface area contributed by atoms with Gasteiger partial charge in [0.15, 0.2) is 0 Å². The Morgan fingerprint density at radius 3 is 2.88 bits per heavy atom. The van der Waals surface area contributed by atoms with Gasteiger partial charge in [0, 0.05) is 20.2 Å². The van der Waals surface area contributed by atoms with Gasteiger partial charge in [0.2, 0.25) is 0 Å². The van der Waals surface area contributed by atoms with Crippen molar-refractivity contribution in [3.63, 3.8) is 0 Å². The molecule has 0 spiro atoms. The minimum absolute atomic E-state index is 0.0632. The highest BCUT2D eigenvalue weighted by atomic mass is 16.5. The van der Waals surface area contributed by atoms with Gasteiger partial charge in [-0.3, -0.25) is 0 Å². The smallest absolute Gasteiger partial charge is 0.0639 e. The van der Waals surface area contributed by atoms with Crippen LogP contribution in [0.5, 0.6) is 0 Å². The van der Waals surface area contributed by atoms with Gasteiger partial charge in [-0.15, -0.1) is 0 Å². The van der Waals surface area contributed by atoms with Crippen molar-refractivity contribution < 1.29 is 4.74 Å². The van der Waals surface area contributed by atoms with E-state index in [4.69, 9.17) is 10.5 Å². The molecule has 2 N–H and O–H groups in total. The molecule has 0 aliphatic carbocycles. The topological polar surface area (TPSA) is 38.5 Å². The molecule has 0 fully saturated rings. The van der Waals surface area contributed by atoms with E-state index in [2.05, 4.69) is 24.8 Å². The predicted octanol–water partition coefficient (Wildman–Crippen LogP) is 2.45. The number of anilines is 2. The number of nitrogens with zero attached hydrogens (tertiary/aromatic N) is 1. The summed E-state index contributed by atoms with van der Waals surface area (Å²) in [6.45, 7) is 6.32. The quantitative estimate of drug-likeness (QED) is 0.813. The zero-order chi connectivity index (χ0) is 12.5. The number of rotatable bonds is 4. The van der Waals surface area contributed by atoms with Crippen molar-refractivity contribution in [3.05, 3.63) is 23.8 Å². The molecule has 0 aromatic heterocycles. The number of methoxy groups -OCH3 is 1. The molecule has 0 atom stereocenters. The molecule has 17 heavy (non-hydrogen) atoms. The van der Waals surface area contributed by atoms with Gasteiger partial charge in [-0.1, -0.05) is 12.1 Å². The number of para-hydroxylation sites is 1. The molecular formula is C14H22N2O. The Morgan fingerprint density at radius 2 is 2.18 bits per heavy atom. The fraction of sp³-hybridized carbons (Fsp3) is 0.571. The van der Waals surface area contributed by atoms with Crippen LogP contribution >= 0.6 is 0 Å². The minimum Gasteiger partial charge on any atom is -0.397 e. The maximum absolute atomic E-state index is 6.06. The lowest BCUT2D eigenvalue weighted by molar-refractivity contribution is 0.0173. The normalized spacial score (nSPS) is 15.1. The number of nitrogen functional groups attached to an aromatic ring is 1. The fourth-order valence-electron chi connectivity index (χ4n) is 2.30. The highest BCUT2D eigenvalue weighted by Crippen LogP contribution is 2.34. The summed E-state index contributed by atoms with van der Waals surface area (Å²) >= 11 is 0. The first kappa shape index (κ1) is 12.2. The lowest BCUT2D eigenvalue weighted by Gasteiger charge is -2.28. The second-order valence-corrected chi connectivity index (χ2v) is 5.31. The molecule has 0 saturated carbocycles. The standard InChI is InChI=1S/C14H22N2O/c1-14(2,17-3)8-10-16-9-7-11-5-4-6-12(15)13(11)16/h4-6H,7-10,15H2,1-3H3. The van der Waals surface area contributed by atoms with Gasteiger partial charge < -0.3 is 15.4 Å². The number of benzene rings is 1. The molecule has 94 valence electrons. The highest BCUT2D eigenvalue weighted by Gasteiger charge is 2.24. The van der Waals surface area contributed by atoms with Crippen LogP contribution in [0.1, 0.15) is 25.8 Å². The second-order valence-electron chi connectivity index (χ2n) is 5.31. The third kappa shape index (κ3) is 2.55. The average Bonchev–Trinajstić information content (AvgIpc) is 2.71. The maximum Gasteiger partial charge on any atom is 0.0639 e. The van der Waals surface area contributed by atoms with E-state index in [1.54, 1.807) is 7.11 Å². The van der Waals surface area contributed by atoms with Crippen molar-refractivity contribution in [2.75, 3.05) is 30.8 Å². The minimum atomic E-state index is -0.0632. The second kappa shape index (κ2) is 4.57. The Kier molecular flexibility index (Phi) is 3.29. The van der Waals surface area contributed by atoms with E-state index in [-0.39, 0.29) is 5.60 Å². The number of hydrogen-bond acceptors (Lipinski definition) is 3. The van der Waals surface area contributed by atoms with Crippen LogP contribution in [0, 0.1) is 0 Å². The molecule has 3 nitrogen and oxygen atoms in total. The molecule has 3 heteroatoms. The van der Waals surface area contributed by atoms with E-state index in [1.807, 2.05) is 12.1 Å². The van der Waals surface area contributed by atoms with Gasteiger partial charge in [0.25, 0.3) is 0 Å². The molecule has 1 aromatic rings. The lowest BCUT2D eigenvalue weighted by atomic mass is 10.0. The van der Waals surface area contributed by atoms with Crippen LogP contribution in [0.4, 0.5) is 11.4 Å². The van der Waals surface area contributed by atoms with E-state index in [1.165, 1.54) is 11.3 Å². The Bertz CT molecular complexity index is 401. The molecule has 1 aliphatic heterocycles. The average molecular weight is 234 g/mol. The van der Waals surface area contributed by atoms with Crippen LogP contribution < -0.4 is 10.6 Å². The fourth-order valence-corrected chi connectivity index (χ4v) is 2.30. The summed E-state index contributed by atoms with van der Waals surface area (Å²) in [6.07, 6.45) is 2.12. The van der Waals surface area contributed by atoms with Crippen LogP contribution in [0.25, 0.3) is 0 Å². The Hall–Kier alpha value is -1.22. The summed E-state index contributed by atoms with van der Waals surface area (Å²) in [5, 5.41) is 0. The van der Waals surface area contributed by atoms with Crippen molar-refractivity contribution in [1.29, 1.82) is 0 Å². The van der Waals surface area contributed by atoms with E-state index in [9.17, 15) is 0 Å². The highest BCUT2D eigenvalue weighted by molar-refractivity contribution is 5.74. The number of fused-ring (bicyclic) bond motifs is 1. The van der Waals surface area contributed by atoms with E-state index in [0.29, 0.717) is 0 Å². The van der Waals surface area contributed by atoms with Crippen molar-refractivity contribution in [1.82, 2.24) is 0 Å². The lowest BCUT2D eigenvalue weighted by Crippen LogP contribution is -2.31. The van der Waals surface area contributed by atoms with Crippen LogP contribution in [-0.4, -0.2) is 25.8 Å². The molecule has 1 aromatic carbocycles. The third-order valence-corrected chi connectivity index (χ3v) is 3.65. The number of hydrogen-bond donors (Lipinski definition) is 1. The molecule has 0 bridgehead atoms. The van der Waals surface area contributed by atoms with Gasteiger partial charge in [0.1, 0.15) is 0 Å².